The van der Waals surface area contributed by atoms with Crippen molar-refractivity contribution < 1.29 is 55.1 Å². The number of ether oxygens (including phenoxy) is 3. The molecule has 0 radical (unpaired) electrons. The Labute approximate surface area is 130 Å². The fraction of sp³-hybridized carbons (Fsp3) is 1.00. The van der Waals surface area contributed by atoms with E-state index < -0.39 is 74.6 Å². The van der Waals surface area contributed by atoms with E-state index in [0.29, 0.717) is 0 Å². The summed E-state index contributed by atoms with van der Waals surface area (Å²) >= 11 is 0. The molecule has 0 spiro atoms. The van der Waals surface area contributed by atoms with Crippen LogP contribution in [-0.4, -0.2) is 115 Å². The van der Waals surface area contributed by atoms with Crippen LogP contribution in [0, 0.1) is 0 Å². The molecule has 2 aliphatic heterocycles. The molecule has 0 aromatic heterocycles. The molecule has 0 aliphatic carbocycles. The summed E-state index contributed by atoms with van der Waals surface area (Å²) in [7, 11) is 0. The van der Waals surface area contributed by atoms with Crippen molar-refractivity contribution in [2.24, 2.45) is 0 Å². The second-order valence-corrected chi connectivity index (χ2v) is 5.56. The molecule has 23 heavy (non-hydrogen) atoms. The maximum Gasteiger partial charge on any atom is 0.224 e. The van der Waals surface area contributed by atoms with Gasteiger partial charge in [-0.3, -0.25) is 0 Å². The molecule has 0 aromatic rings. The fourth-order valence-electron chi connectivity index (χ4n) is 2.63. The highest BCUT2D eigenvalue weighted by Crippen LogP contribution is 2.35. The average Bonchev–Trinajstić information content (AvgIpc) is 2.80. The Morgan fingerprint density at radius 1 is 0.957 bits per heavy atom. The van der Waals surface area contributed by atoms with Crippen LogP contribution in [0.2, 0.25) is 0 Å². The van der Waals surface area contributed by atoms with E-state index in [1.165, 1.54) is 0 Å². The lowest BCUT2D eigenvalue weighted by Gasteiger charge is -2.43. The smallest absolute Gasteiger partial charge is 0.224 e. The fourth-order valence-corrected chi connectivity index (χ4v) is 2.63. The van der Waals surface area contributed by atoms with Crippen molar-refractivity contribution in [1.82, 2.24) is 0 Å². The summed E-state index contributed by atoms with van der Waals surface area (Å²) < 4.78 is 15.4. The van der Waals surface area contributed by atoms with E-state index in [2.05, 4.69) is 0 Å². The highest BCUT2D eigenvalue weighted by Gasteiger charge is 2.58. The molecule has 11 nitrogen and oxygen atoms in total. The Morgan fingerprint density at radius 2 is 1.61 bits per heavy atom. The number of aliphatic hydroxyl groups excluding tert-OH is 8. The van der Waals surface area contributed by atoms with Crippen molar-refractivity contribution in [3.05, 3.63) is 0 Å². The molecular weight excluding hydrogens is 342 g/mol. The van der Waals surface area contributed by atoms with E-state index in [9.17, 15) is 30.6 Å². The van der Waals surface area contributed by atoms with Crippen molar-refractivity contribution >= 4 is 0 Å². The van der Waals surface area contributed by atoms with Crippen LogP contribution in [0.25, 0.3) is 0 Å². The van der Waals surface area contributed by atoms with Gasteiger partial charge in [0.25, 0.3) is 0 Å². The minimum Gasteiger partial charge on any atom is -0.394 e. The van der Waals surface area contributed by atoms with Crippen LogP contribution < -0.4 is 0 Å². The number of hydrogen-bond acceptors (Lipinski definition) is 11. The molecule has 8 N–H and O–H groups in total. The van der Waals surface area contributed by atoms with Gasteiger partial charge in [0.2, 0.25) is 5.79 Å². The zero-order valence-electron chi connectivity index (χ0n) is 12.0. The Kier molecular flexibility index (Phi) is 5.92. The van der Waals surface area contributed by atoms with Crippen LogP contribution in [0.1, 0.15) is 0 Å². The monoisotopic (exact) mass is 364 g/mol. The van der Waals surface area contributed by atoms with Gasteiger partial charge < -0.3 is 55.1 Å². The second kappa shape index (κ2) is 7.21. The molecule has 1 unspecified atom stereocenters. The minimum absolute atomic E-state index is 0.669. The van der Waals surface area contributed by atoms with Gasteiger partial charge in [0.1, 0.15) is 49.3 Å². The molecule has 11 heteroatoms. The van der Waals surface area contributed by atoms with Gasteiger partial charge in [-0.25, -0.2) is 0 Å². The van der Waals surface area contributed by atoms with Crippen LogP contribution in [-0.2, 0) is 14.2 Å². The van der Waals surface area contributed by atoms with Crippen molar-refractivity contribution in [1.29, 1.82) is 0 Å². The molecule has 2 saturated heterocycles. The predicted molar refractivity (Wildman–Crippen MR) is 68.6 cm³/mol. The zero-order valence-corrected chi connectivity index (χ0v) is 12.0. The van der Waals surface area contributed by atoms with Gasteiger partial charge in [-0.1, -0.05) is 0 Å². The molecule has 0 bridgehead atoms. The maximum atomic E-state index is 10.00. The van der Waals surface area contributed by atoms with Crippen molar-refractivity contribution in [3.63, 3.8) is 0 Å². The molecule has 2 fully saturated rings. The normalized spacial score (nSPS) is 51.1. The molecule has 0 aromatic carbocycles. The van der Waals surface area contributed by atoms with Gasteiger partial charge in [-0.2, -0.15) is 0 Å². The Bertz CT molecular complexity index is 393. The van der Waals surface area contributed by atoms with E-state index in [4.69, 9.17) is 24.4 Å². The summed E-state index contributed by atoms with van der Waals surface area (Å²) in [5, 5.41) is 76.7. The van der Waals surface area contributed by atoms with Crippen LogP contribution in [0.4, 0.5) is 0 Å². The molecule has 0 amide bonds. The summed E-state index contributed by atoms with van der Waals surface area (Å²) in [5.74, 6) is -2.22. The first-order chi connectivity index (χ1) is 10.8. The van der Waals surface area contributed by atoms with Crippen LogP contribution >= 0.6 is 0 Å². The summed E-state index contributed by atoms with van der Waals surface area (Å²) in [6.45, 7) is -2.32. The largest absolute Gasteiger partial charge is 0.394 e. The minimum atomic E-state index is -2.22. The number of hydrogen-bond donors (Lipinski definition) is 8. The Hall–Kier alpha value is -0.440. The second-order valence-electron chi connectivity index (χ2n) is 5.56. The maximum absolute atomic E-state index is 10.00. The van der Waals surface area contributed by atoms with Gasteiger partial charge in [0, 0.05) is 0 Å². The van der Waals surface area contributed by atoms with Gasteiger partial charge in [-0.05, 0) is 0 Å². The highest BCUT2D eigenvalue weighted by molar-refractivity contribution is 4.98. The first kappa shape index (κ1) is 18.9. The SMILES string of the molecule is OC[14C@H]1O[14C]([14CH2]O)(O[14C@H]2O[14C@H]([14CH2]O)[14C@@H](O)[14C@H](O)[14C@H]2O)[14C@@H](O)[14C@@H]1O. The molecule has 136 valence electrons. The van der Waals surface area contributed by atoms with E-state index in [1.54, 1.807) is 0 Å². The lowest BCUT2D eigenvalue weighted by molar-refractivity contribution is -0.383. The third kappa shape index (κ3) is 3.23. The van der Waals surface area contributed by atoms with Crippen LogP contribution in [0.3, 0.4) is 0 Å². The third-order valence-electron chi connectivity index (χ3n) is 4.07. The molecular formula is C12H22O11. The molecule has 2 rings (SSSR count). The molecule has 2 heterocycles. The molecule has 2 aliphatic rings. The average molecular weight is 364 g/mol. The summed E-state index contributed by atoms with van der Waals surface area (Å²) in [5.41, 5.74) is 0. The van der Waals surface area contributed by atoms with Crippen LogP contribution in [0.5, 0.6) is 0 Å². The standard InChI is InChI=1S/C12H22O11/c13-1-4-6(16)8(18)9(19)11(21-4)23-12(3-15)10(20)7(17)5(2-14)22-12/h4-11,13-20H,1-3H2/t4-,5-,6-,7-,8+,9-,10+,11-,12?/m1/s1/i1+2,3+2,4+2,5+2,6+2,7+2,8+2,9+2,10+2,11+2,12+2. The van der Waals surface area contributed by atoms with Crippen molar-refractivity contribution in [2.75, 3.05) is 19.8 Å². The van der Waals surface area contributed by atoms with Gasteiger partial charge in [0.15, 0.2) is 6.29 Å². The van der Waals surface area contributed by atoms with Crippen molar-refractivity contribution in [3.8, 4) is 0 Å². The number of aliphatic hydroxyl groups is 8. The summed E-state index contributed by atoms with van der Waals surface area (Å²) in [6, 6.07) is 0. The predicted octanol–water partition coefficient (Wildman–Crippen LogP) is -5.40. The Morgan fingerprint density at radius 3 is 2.09 bits per heavy atom. The lowest BCUT2D eigenvalue weighted by Crippen LogP contribution is -2.62. The topological polar surface area (TPSA) is 190 Å². The van der Waals surface area contributed by atoms with Crippen LogP contribution in [0.15, 0.2) is 0 Å². The quantitative estimate of drug-likeness (QED) is 0.232. The number of rotatable bonds is 5. The first-order valence-corrected chi connectivity index (χ1v) is 7.05. The lowest BCUT2D eigenvalue weighted by atomic mass is 11.3. The van der Waals surface area contributed by atoms with E-state index in [1.807, 2.05) is 0 Å². The third-order valence-corrected chi connectivity index (χ3v) is 4.07. The zero-order chi connectivity index (χ0) is 17.4. The molecule has 0 saturated carbocycles. The Balaban J connectivity index is 2.18. The van der Waals surface area contributed by atoms with Gasteiger partial charge >= 0.3 is 0 Å². The van der Waals surface area contributed by atoms with E-state index in [-0.39, 0.29) is 0 Å². The first-order valence-electron chi connectivity index (χ1n) is 7.05. The van der Waals surface area contributed by atoms with E-state index >= 15 is 0 Å². The van der Waals surface area contributed by atoms with Gasteiger partial charge in [0.05, 0.1) is 13.2 Å². The molecule has 9 atom stereocenters. The summed E-state index contributed by atoms with van der Waals surface area (Å²) in [6.07, 6.45) is -12.7. The summed E-state index contributed by atoms with van der Waals surface area (Å²) in [4.78, 5) is 0. The van der Waals surface area contributed by atoms with Gasteiger partial charge in [-0.15, -0.1) is 0 Å². The highest BCUT2D eigenvalue weighted by atomic mass is 17.4. The van der Waals surface area contributed by atoms with Crippen molar-refractivity contribution in [2.45, 2.75) is 54.8 Å². The van der Waals surface area contributed by atoms with E-state index in [0.717, 1.165) is 0 Å².